The van der Waals surface area contributed by atoms with Gasteiger partial charge >= 0.3 is 0 Å². The SMILES string of the molecule is CC(Nc1nc(Cl)ccc1N)C(N)=O. The third kappa shape index (κ3) is 2.50. The highest BCUT2D eigenvalue weighted by Gasteiger charge is 2.10. The summed E-state index contributed by atoms with van der Waals surface area (Å²) < 4.78 is 0. The average molecular weight is 215 g/mol. The summed E-state index contributed by atoms with van der Waals surface area (Å²) >= 11 is 5.66. The van der Waals surface area contributed by atoms with Crippen LogP contribution in [0.2, 0.25) is 5.15 Å². The van der Waals surface area contributed by atoms with E-state index in [1.54, 1.807) is 19.1 Å². The number of anilines is 2. The van der Waals surface area contributed by atoms with E-state index >= 15 is 0 Å². The van der Waals surface area contributed by atoms with Gasteiger partial charge < -0.3 is 16.8 Å². The van der Waals surface area contributed by atoms with Crippen LogP contribution in [-0.4, -0.2) is 16.9 Å². The topological polar surface area (TPSA) is 94.0 Å². The molecule has 0 bridgehead atoms. The molecule has 1 heterocycles. The maximum Gasteiger partial charge on any atom is 0.239 e. The van der Waals surface area contributed by atoms with Crippen LogP contribution in [0.3, 0.4) is 0 Å². The molecular weight excluding hydrogens is 204 g/mol. The van der Waals surface area contributed by atoms with E-state index in [2.05, 4.69) is 10.3 Å². The van der Waals surface area contributed by atoms with Crippen molar-refractivity contribution in [3.63, 3.8) is 0 Å². The molecule has 1 aromatic heterocycles. The highest BCUT2D eigenvalue weighted by molar-refractivity contribution is 6.29. The van der Waals surface area contributed by atoms with Crippen molar-refractivity contribution >= 4 is 29.0 Å². The highest BCUT2D eigenvalue weighted by atomic mass is 35.5. The fourth-order valence-corrected chi connectivity index (χ4v) is 0.985. The van der Waals surface area contributed by atoms with Crippen molar-refractivity contribution in [2.75, 3.05) is 11.1 Å². The summed E-state index contributed by atoms with van der Waals surface area (Å²) in [5.41, 5.74) is 11.1. The largest absolute Gasteiger partial charge is 0.396 e. The molecule has 1 unspecified atom stereocenters. The van der Waals surface area contributed by atoms with Crippen LogP contribution in [0.15, 0.2) is 12.1 Å². The summed E-state index contributed by atoms with van der Waals surface area (Å²) in [6, 6.07) is 2.63. The van der Waals surface area contributed by atoms with E-state index in [1.165, 1.54) is 0 Å². The Bertz CT molecular complexity index is 355. The predicted molar refractivity (Wildman–Crippen MR) is 55.9 cm³/mol. The zero-order chi connectivity index (χ0) is 10.7. The Kier molecular flexibility index (Phi) is 3.14. The number of rotatable bonds is 3. The fourth-order valence-electron chi connectivity index (χ4n) is 0.838. The summed E-state index contributed by atoms with van der Waals surface area (Å²) in [6.45, 7) is 1.62. The van der Waals surface area contributed by atoms with Gasteiger partial charge in [0.05, 0.1) is 5.69 Å². The van der Waals surface area contributed by atoms with Gasteiger partial charge in [-0.1, -0.05) is 11.6 Å². The summed E-state index contributed by atoms with van der Waals surface area (Å²) in [6.07, 6.45) is 0. The van der Waals surface area contributed by atoms with Crippen molar-refractivity contribution in [2.45, 2.75) is 13.0 Å². The van der Waals surface area contributed by atoms with E-state index in [-0.39, 0.29) is 0 Å². The molecule has 0 fully saturated rings. The molecule has 14 heavy (non-hydrogen) atoms. The molecule has 1 aromatic rings. The summed E-state index contributed by atoms with van der Waals surface area (Å²) in [5.74, 6) is -0.116. The zero-order valence-corrected chi connectivity index (χ0v) is 8.38. The number of halogens is 1. The lowest BCUT2D eigenvalue weighted by atomic mass is 10.3. The molecule has 0 saturated heterocycles. The second kappa shape index (κ2) is 4.15. The molecule has 1 amide bonds. The summed E-state index contributed by atoms with van der Waals surface area (Å²) in [5, 5.41) is 3.06. The van der Waals surface area contributed by atoms with Gasteiger partial charge in [-0.2, -0.15) is 0 Å². The van der Waals surface area contributed by atoms with E-state index in [0.717, 1.165) is 0 Å². The quantitative estimate of drug-likeness (QED) is 0.643. The molecule has 0 aromatic carbocycles. The minimum atomic E-state index is -0.539. The Morgan fingerprint density at radius 1 is 1.64 bits per heavy atom. The number of carbonyl (C=O) groups is 1. The Hall–Kier alpha value is -1.49. The summed E-state index contributed by atoms with van der Waals surface area (Å²) in [7, 11) is 0. The lowest BCUT2D eigenvalue weighted by molar-refractivity contribution is -0.118. The maximum absolute atomic E-state index is 10.8. The van der Waals surface area contributed by atoms with Gasteiger partial charge in [0.25, 0.3) is 0 Å². The summed E-state index contributed by atoms with van der Waals surface area (Å²) in [4.78, 5) is 14.7. The number of carbonyl (C=O) groups excluding carboxylic acids is 1. The van der Waals surface area contributed by atoms with E-state index in [4.69, 9.17) is 23.1 Å². The molecule has 1 atom stereocenters. The van der Waals surface area contributed by atoms with Gasteiger partial charge in [0, 0.05) is 0 Å². The van der Waals surface area contributed by atoms with Gasteiger partial charge in [0.1, 0.15) is 11.2 Å². The number of amides is 1. The van der Waals surface area contributed by atoms with Crippen LogP contribution < -0.4 is 16.8 Å². The van der Waals surface area contributed by atoms with Crippen LogP contribution in [0.4, 0.5) is 11.5 Å². The third-order valence-corrected chi connectivity index (χ3v) is 1.88. The minimum Gasteiger partial charge on any atom is -0.396 e. The zero-order valence-electron chi connectivity index (χ0n) is 7.62. The lowest BCUT2D eigenvalue weighted by Gasteiger charge is -2.12. The van der Waals surface area contributed by atoms with Crippen LogP contribution in [-0.2, 0) is 4.79 Å². The van der Waals surface area contributed by atoms with Crippen molar-refractivity contribution in [3.05, 3.63) is 17.3 Å². The first-order valence-corrected chi connectivity index (χ1v) is 4.36. The smallest absolute Gasteiger partial charge is 0.239 e. The number of nitrogens with two attached hydrogens (primary N) is 2. The molecule has 76 valence electrons. The molecular formula is C8H11ClN4O. The van der Waals surface area contributed by atoms with Crippen molar-refractivity contribution in [1.29, 1.82) is 0 Å². The van der Waals surface area contributed by atoms with Gasteiger partial charge in [-0.05, 0) is 19.1 Å². The maximum atomic E-state index is 10.8. The van der Waals surface area contributed by atoms with Crippen LogP contribution in [0.1, 0.15) is 6.92 Å². The van der Waals surface area contributed by atoms with Crippen LogP contribution in [0.5, 0.6) is 0 Å². The van der Waals surface area contributed by atoms with Crippen LogP contribution >= 0.6 is 11.6 Å². The number of nitrogens with one attached hydrogen (secondary N) is 1. The average Bonchev–Trinajstić information content (AvgIpc) is 2.11. The third-order valence-electron chi connectivity index (χ3n) is 1.67. The minimum absolute atomic E-state index is 0.304. The second-order valence-electron chi connectivity index (χ2n) is 2.84. The molecule has 0 aliphatic rings. The first kappa shape index (κ1) is 10.6. The van der Waals surface area contributed by atoms with Gasteiger partial charge in [0.15, 0.2) is 5.82 Å². The lowest BCUT2D eigenvalue weighted by Crippen LogP contribution is -2.33. The molecule has 0 spiro atoms. The fraction of sp³-hybridized carbons (Fsp3) is 0.250. The number of pyridine rings is 1. The van der Waals surface area contributed by atoms with E-state index in [1.807, 2.05) is 0 Å². The van der Waals surface area contributed by atoms with Gasteiger partial charge in [-0.3, -0.25) is 4.79 Å². The Balaban J connectivity index is 2.85. The Morgan fingerprint density at radius 2 is 2.29 bits per heavy atom. The molecule has 5 N–H and O–H groups in total. The van der Waals surface area contributed by atoms with Crippen molar-refractivity contribution in [3.8, 4) is 0 Å². The van der Waals surface area contributed by atoms with Gasteiger partial charge in [-0.15, -0.1) is 0 Å². The molecule has 0 radical (unpaired) electrons. The van der Waals surface area contributed by atoms with E-state index < -0.39 is 11.9 Å². The van der Waals surface area contributed by atoms with Gasteiger partial charge in [0.2, 0.25) is 5.91 Å². The van der Waals surface area contributed by atoms with E-state index in [9.17, 15) is 4.79 Å². The first-order valence-electron chi connectivity index (χ1n) is 3.98. The molecule has 0 aliphatic heterocycles. The highest BCUT2D eigenvalue weighted by Crippen LogP contribution is 2.18. The van der Waals surface area contributed by atoms with Crippen molar-refractivity contribution in [2.24, 2.45) is 5.73 Å². The number of nitrogens with zero attached hydrogens (tertiary/aromatic N) is 1. The van der Waals surface area contributed by atoms with E-state index in [0.29, 0.717) is 16.7 Å². The normalized spacial score (nSPS) is 12.1. The molecule has 0 aliphatic carbocycles. The van der Waals surface area contributed by atoms with Crippen molar-refractivity contribution in [1.82, 2.24) is 4.98 Å². The first-order chi connectivity index (χ1) is 6.50. The molecule has 1 rings (SSSR count). The predicted octanol–water partition coefficient (Wildman–Crippen LogP) is 0.603. The van der Waals surface area contributed by atoms with Gasteiger partial charge in [-0.25, -0.2) is 4.98 Å². The van der Waals surface area contributed by atoms with Crippen LogP contribution in [0, 0.1) is 0 Å². The number of aromatic nitrogens is 1. The standard InChI is InChI=1S/C8H11ClN4O/c1-4(7(11)14)12-8-5(10)2-3-6(9)13-8/h2-4H,10H2,1H3,(H2,11,14)(H,12,13). The molecule has 0 saturated carbocycles. The number of hydrogen-bond donors (Lipinski definition) is 3. The van der Waals surface area contributed by atoms with Crippen LogP contribution in [0.25, 0.3) is 0 Å². The van der Waals surface area contributed by atoms with Crippen molar-refractivity contribution < 1.29 is 4.79 Å². The number of primary amides is 1. The Morgan fingerprint density at radius 3 is 2.86 bits per heavy atom. The molecule has 6 heteroatoms. The monoisotopic (exact) mass is 214 g/mol. The number of hydrogen-bond acceptors (Lipinski definition) is 4. The molecule has 5 nitrogen and oxygen atoms in total. The Labute approximate surface area is 86.4 Å². The second-order valence-corrected chi connectivity index (χ2v) is 3.23. The number of nitrogen functional groups attached to an aromatic ring is 1.